The van der Waals surface area contributed by atoms with E-state index in [0.717, 1.165) is 36.8 Å². The summed E-state index contributed by atoms with van der Waals surface area (Å²) in [7, 11) is 0. The van der Waals surface area contributed by atoms with Crippen LogP contribution in [0.3, 0.4) is 0 Å². The molecule has 0 saturated heterocycles. The molecule has 2 aliphatic rings. The molecule has 0 aromatic heterocycles. The molecule has 1 saturated carbocycles. The Morgan fingerprint density at radius 2 is 1.69 bits per heavy atom. The Morgan fingerprint density at radius 3 is 2.46 bits per heavy atom. The van der Waals surface area contributed by atoms with Gasteiger partial charge >= 0.3 is 0 Å². The molecule has 35 heavy (non-hydrogen) atoms. The third kappa shape index (κ3) is 5.42. The summed E-state index contributed by atoms with van der Waals surface area (Å²) in [5.41, 5.74) is 1.83. The number of carbonyl (C=O) groups is 1. The average Bonchev–Trinajstić information content (AvgIpc) is 3.19. The maximum atomic E-state index is 15.2. The van der Waals surface area contributed by atoms with E-state index in [9.17, 15) is 9.90 Å². The minimum absolute atomic E-state index is 0.120. The lowest BCUT2D eigenvalue weighted by Gasteiger charge is -2.31. The van der Waals surface area contributed by atoms with Crippen LogP contribution >= 0.6 is 0 Å². The normalized spacial score (nSPS) is 19.5. The number of hydrogen-bond donors (Lipinski definition) is 1. The topological polar surface area (TPSA) is 59.0 Å². The fourth-order valence-electron chi connectivity index (χ4n) is 5.07. The van der Waals surface area contributed by atoms with Gasteiger partial charge in [-0.05, 0) is 66.8 Å². The second-order valence-corrected chi connectivity index (χ2v) is 9.57. The van der Waals surface area contributed by atoms with Crippen molar-refractivity contribution in [2.24, 2.45) is 11.8 Å². The van der Waals surface area contributed by atoms with E-state index in [2.05, 4.69) is 0 Å². The number of aromatic hydroxyl groups is 1. The predicted molar refractivity (Wildman–Crippen MR) is 131 cm³/mol. The highest BCUT2D eigenvalue weighted by Gasteiger charge is 2.34. The highest BCUT2D eigenvalue weighted by Crippen LogP contribution is 2.35. The molecule has 5 rings (SSSR count). The monoisotopic (exact) mass is 475 g/mol. The van der Waals surface area contributed by atoms with E-state index in [1.807, 2.05) is 42.5 Å². The highest BCUT2D eigenvalue weighted by molar-refractivity contribution is 5.99. The van der Waals surface area contributed by atoms with Crippen molar-refractivity contribution in [1.29, 1.82) is 0 Å². The number of halogens is 1. The van der Waals surface area contributed by atoms with Crippen molar-refractivity contribution in [3.05, 3.63) is 89.2 Å². The molecular weight excluding hydrogens is 445 g/mol. The first-order valence-electron chi connectivity index (χ1n) is 12.3. The average molecular weight is 476 g/mol. The zero-order valence-corrected chi connectivity index (χ0v) is 19.7. The number of phenolic OH excluding ortho intramolecular Hbond substituents is 1. The maximum absolute atomic E-state index is 15.2. The van der Waals surface area contributed by atoms with Crippen molar-refractivity contribution in [2.45, 2.75) is 38.8 Å². The summed E-state index contributed by atoms with van der Waals surface area (Å²) in [5.74, 6) is 1.07. The molecule has 1 amide bonds. The van der Waals surface area contributed by atoms with Crippen molar-refractivity contribution in [3.8, 4) is 17.2 Å². The van der Waals surface area contributed by atoms with Crippen LogP contribution in [0.4, 0.5) is 4.39 Å². The van der Waals surface area contributed by atoms with Gasteiger partial charge in [0.2, 0.25) is 0 Å². The van der Waals surface area contributed by atoms with Gasteiger partial charge in [0.1, 0.15) is 18.1 Å². The summed E-state index contributed by atoms with van der Waals surface area (Å²) >= 11 is 0. The Kier molecular flexibility index (Phi) is 6.89. The zero-order chi connectivity index (χ0) is 24.2. The Balaban J connectivity index is 1.13. The third-order valence-corrected chi connectivity index (χ3v) is 7.04. The Morgan fingerprint density at radius 1 is 0.914 bits per heavy atom. The van der Waals surface area contributed by atoms with Crippen LogP contribution < -0.4 is 9.47 Å². The number of ether oxygens (including phenoxy) is 2. The van der Waals surface area contributed by atoms with Gasteiger partial charge in [-0.2, -0.15) is 0 Å². The largest absolute Gasteiger partial charge is 0.508 e. The van der Waals surface area contributed by atoms with Crippen molar-refractivity contribution >= 4 is 5.91 Å². The Bertz CT molecular complexity index is 1170. The quantitative estimate of drug-likeness (QED) is 0.437. The summed E-state index contributed by atoms with van der Waals surface area (Å²) in [6, 6.07) is 19.9. The molecule has 0 radical (unpaired) electrons. The number of amides is 1. The van der Waals surface area contributed by atoms with Crippen LogP contribution in [0.1, 0.15) is 47.2 Å². The number of rotatable bonds is 8. The lowest BCUT2D eigenvalue weighted by atomic mass is 9.82. The fraction of sp³-hybridized carbons (Fsp3) is 0.345. The molecule has 1 fully saturated rings. The molecule has 3 aromatic carbocycles. The van der Waals surface area contributed by atoms with Crippen LogP contribution in [0.2, 0.25) is 0 Å². The second kappa shape index (κ2) is 10.4. The highest BCUT2D eigenvalue weighted by atomic mass is 19.1. The van der Waals surface area contributed by atoms with Gasteiger partial charge in [0, 0.05) is 19.2 Å². The van der Waals surface area contributed by atoms with Crippen LogP contribution in [0, 0.1) is 17.7 Å². The SMILES string of the molecule is O=C1c2c(ccc(OCc3ccccc3)c2F)CN1CC1CCC(COc2cccc(O)c2)CC1. The van der Waals surface area contributed by atoms with Crippen LogP contribution in [-0.2, 0) is 13.2 Å². The van der Waals surface area contributed by atoms with Gasteiger partial charge in [0.05, 0.1) is 12.2 Å². The molecule has 1 aliphatic heterocycles. The van der Waals surface area contributed by atoms with E-state index in [1.54, 1.807) is 29.2 Å². The van der Waals surface area contributed by atoms with Crippen LogP contribution in [0.25, 0.3) is 0 Å². The Hall–Kier alpha value is -3.54. The number of fused-ring (bicyclic) bond motifs is 1. The number of hydrogen-bond acceptors (Lipinski definition) is 4. The zero-order valence-electron chi connectivity index (χ0n) is 19.7. The molecule has 0 atom stereocenters. The summed E-state index contributed by atoms with van der Waals surface area (Å²) in [5, 5.41) is 9.57. The van der Waals surface area contributed by atoms with E-state index < -0.39 is 5.82 Å². The first-order valence-corrected chi connectivity index (χ1v) is 12.3. The number of carbonyl (C=O) groups excluding carboxylic acids is 1. The molecule has 5 nitrogen and oxygen atoms in total. The van der Waals surface area contributed by atoms with E-state index in [1.165, 1.54) is 0 Å². The molecule has 182 valence electrons. The second-order valence-electron chi connectivity index (χ2n) is 9.57. The maximum Gasteiger partial charge on any atom is 0.257 e. The molecule has 0 spiro atoms. The van der Waals surface area contributed by atoms with Gasteiger partial charge in [0.25, 0.3) is 5.91 Å². The molecule has 1 N–H and O–H groups in total. The van der Waals surface area contributed by atoms with Crippen molar-refractivity contribution in [2.75, 3.05) is 13.2 Å². The van der Waals surface area contributed by atoms with Gasteiger partial charge in [-0.3, -0.25) is 4.79 Å². The van der Waals surface area contributed by atoms with Gasteiger partial charge in [0.15, 0.2) is 11.6 Å². The van der Waals surface area contributed by atoms with Gasteiger partial charge in [-0.25, -0.2) is 4.39 Å². The molecular formula is C29H30FNO4. The minimum Gasteiger partial charge on any atom is -0.508 e. The van der Waals surface area contributed by atoms with Crippen LogP contribution in [0.15, 0.2) is 66.7 Å². The van der Waals surface area contributed by atoms with E-state index in [4.69, 9.17) is 9.47 Å². The fourth-order valence-corrected chi connectivity index (χ4v) is 5.07. The summed E-state index contributed by atoms with van der Waals surface area (Å²) < 4.78 is 26.7. The van der Waals surface area contributed by atoms with E-state index in [0.29, 0.717) is 37.3 Å². The summed E-state index contributed by atoms with van der Waals surface area (Å²) in [4.78, 5) is 14.8. The van der Waals surface area contributed by atoms with Crippen molar-refractivity contribution < 1.29 is 23.8 Å². The first kappa shape index (κ1) is 23.2. The molecule has 0 bridgehead atoms. The molecule has 1 aliphatic carbocycles. The van der Waals surface area contributed by atoms with Gasteiger partial charge in [-0.1, -0.05) is 42.5 Å². The number of phenols is 1. The molecule has 6 heteroatoms. The van der Waals surface area contributed by atoms with Crippen molar-refractivity contribution in [3.63, 3.8) is 0 Å². The smallest absolute Gasteiger partial charge is 0.257 e. The van der Waals surface area contributed by atoms with E-state index >= 15 is 4.39 Å². The van der Waals surface area contributed by atoms with Gasteiger partial charge in [-0.15, -0.1) is 0 Å². The van der Waals surface area contributed by atoms with Gasteiger partial charge < -0.3 is 19.5 Å². The van der Waals surface area contributed by atoms with E-state index in [-0.39, 0.29) is 29.6 Å². The minimum atomic E-state index is -0.557. The molecule has 3 aromatic rings. The number of benzene rings is 3. The third-order valence-electron chi connectivity index (χ3n) is 7.04. The van der Waals surface area contributed by atoms with Crippen LogP contribution in [0.5, 0.6) is 17.2 Å². The standard InChI is InChI=1S/C29H30FNO4/c30-28-26(35-19-21-5-2-1-3-6-21)14-13-23-17-31(29(33)27(23)28)16-20-9-11-22(12-10-20)18-34-25-8-4-7-24(32)15-25/h1-8,13-15,20,22,32H,9-12,16-19H2. The van der Waals surface area contributed by atoms with Crippen LogP contribution in [-0.4, -0.2) is 29.1 Å². The molecule has 0 unspecified atom stereocenters. The number of nitrogens with zero attached hydrogens (tertiary/aromatic N) is 1. The first-order chi connectivity index (χ1) is 17.1. The summed E-state index contributed by atoms with van der Waals surface area (Å²) in [6.07, 6.45) is 4.10. The predicted octanol–water partition coefficient (Wildman–Crippen LogP) is 5.95. The molecule has 1 heterocycles. The lowest BCUT2D eigenvalue weighted by molar-refractivity contribution is 0.0717. The van der Waals surface area contributed by atoms with Crippen molar-refractivity contribution in [1.82, 2.24) is 4.90 Å². The summed E-state index contributed by atoms with van der Waals surface area (Å²) in [6.45, 7) is 1.98. The lowest BCUT2D eigenvalue weighted by Crippen LogP contribution is -2.32. The Labute approximate surface area is 205 Å².